The Labute approximate surface area is 100 Å². The van der Waals surface area contributed by atoms with E-state index < -0.39 is 5.95 Å². The molecule has 2 atom stereocenters. The molecule has 1 aromatic heterocycles. The van der Waals surface area contributed by atoms with Gasteiger partial charge in [0.2, 0.25) is 0 Å². The third-order valence-electron chi connectivity index (χ3n) is 2.83. The molecule has 0 bridgehead atoms. The molecule has 1 aliphatic rings. The van der Waals surface area contributed by atoms with Crippen molar-refractivity contribution < 1.29 is 13.9 Å². The van der Waals surface area contributed by atoms with Crippen molar-refractivity contribution in [3.8, 4) is 11.5 Å². The van der Waals surface area contributed by atoms with Gasteiger partial charge in [-0.2, -0.15) is 4.39 Å². The first-order valence-corrected chi connectivity index (χ1v) is 5.89. The lowest BCUT2D eigenvalue weighted by Crippen LogP contribution is -2.51. The summed E-state index contributed by atoms with van der Waals surface area (Å²) in [7, 11) is 0. The molecule has 1 N–H and O–H groups in total. The molecule has 1 aliphatic heterocycles. The van der Waals surface area contributed by atoms with Gasteiger partial charge < -0.3 is 14.8 Å². The molecule has 4 nitrogen and oxygen atoms in total. The van der Waals surface area contributed by atoms with Crippen molar-refractivity contribution in [3.63, 3.8) is 0 Å². The van der Waals surface area contributed by atoms with E-state index in [1.54, 1.807) is 13.0 Å². The summed E-state index contributed by atoms with van der Waals surface area (Å²) in [6, 6.07) is 1.91. The largest absolute Gasteiger partial charge is 0.489 e. The van der Waals surface area contributed by atoms with Crippen LogP contribution in [0.4, 0.5) is 4.39 Å². The minimum Gasteiger partial charge on any atom is -0.489 e. The lowest BCUT2D eigenvalue weighted by Gasteiger charge is -2.33. The highest BCUT2D eigenvalue weighted by molar-refractivity contribution is 5.29. The van der Waals surface area contributed by atoms with Gasteiger partial charge in [0.25, 0.3) is 5.95 Å². The average molecular weight is 240 g/mol. The van der Waals surface area contributed by atoms with E-state index >= 15 is 0 Å². The Balaban J connectivity index is 2.02. The number of aromatic nitrogens is 1. The van der Waals surface area contributed by atoms with Crippen LogP contribution in [-0.2, 0) is 0 Å². The van der Waals surface area contributed by atoms with Gasteiger partial charge >= 0.3 is 0 Å². The third kappa shape index (κ3) is 2.85. The van der Waals surface area contributed by atoms with Crippen LogP contribution in [0, 0.1) is 5.95 Å². The smallest absolute Gasteiger partial charge is 0.255 e. The summed E-state index contributed by atoms with van der Waals surface area (Å²) in [5, 5.41) is 3.27. The zero-order chi connectivity index (χ0) is 12.3. The highest BCUT2D eigenvalue weighted by atomic mass is 19.1. The summed E-state index contributed by atoms with van der Waals surface area (Å²) < 4.78 is 24.0. The second-order valence-corrected chi connectivity index (χ2v) is 4.07. The standard InChI is InChI=1S/C12H17FN2O2/c1-3-16-11-6-9(7-15-12(11)13)17-8(2)10-4-5-14-10/h6-8,10,14H,3-5H2,1-2H3/t8?,10-/m0/s1. The molecule has 2 rings (SSSR count). The van der Waals surface area contributed by atoms with E-state index in [0.717, 1.165) is 13.0 Å². The van der Waals surface area contributed by atoms with Crippen LogP contribution in [0.3, 0.4) is 0 Å². The number of ether oxygens (including phenoxy) is 2. The van der Waals surface area contributed by atoms with Gasteiger partial charge in [0.15, 0.2) is 5.75 Å². The molecule has 94 valence electrons. The molecule has 17 heavy (non-hydrogen) atoms. The van der Waals surface area contributed by atoms with Crippen LogP contribution >= 0.6 is 0 Å². The van der Waals surface area contributed by atoms with Crippen molar-refractivity contribution in [2.75, 3.05) is 13.2 Å². The Bertz CT molecular complexity index is 383. The summed E-state index contributed by atoms with van der Waals surface area (Å²) >= 11 is 0. The van der Waals surface area contributed by atoms with Gasteiger partial charge in [0.05, 0.1) is 12.8 Å². The molecule has 1 fully saturated rings. The number of nitrogens with zero attached hydrogens (tertiary/aromatic N) is 1. The fourth-order valence-corrected chi connectivity index (χ4v) is 1.74. The van der Waals surface area contributed by atoms with E-state index in [0.29, 0.717) is 18.4 Å². The topological polar surface area (TPSA) is 43.4 Å². The van der Waals surface area contributed by atoms with Crippen LogP contribution in [0.15, 0.2) is 12.3 Å². The highest BCUT2D eigenvalue weighted by Gasteiger charge is 2.24. The number of hydrogen-bond acceptors (Lipinski definition) is 4. The van der Waals surface area contributed by atoms with Gasteiger partial charge in [0, 0.05) is 12.1 Å². The van der Waals surface area contributed by atoms with Gasteiger partial charge in [-0.05, 0) is 26.8 Å². The molecule has 0 spiro atoms. The van der Waals surface area contributed by atoms with E-state index in [2.05, 4.69) is 10.3 Å². The molecule has 0 aromatic carbocycles. The Morgan fingerprint density at radius 1 is 1.65 bits per heavy atom. The van der Waals surface area contributed by atoms with Crippen LogP contribution in [0.1, 0.15) is 20.3 Å². The maximum atomic E-state index is 13.2. The van der Waals surface area contributed by atoms with E-state index in [1.807, 2.05) is 6.92 Å². The molecule has 0 aliphatic carbocycles. The van der Waals surface area contributed by atoms with E-state index in [9.17, 15) is 4.39 Å². The van der Waals surface area contributed by atoms with Crippen LogP contribution < -0.4 is 14.8 Å². The van der Waals surface area contributed by atoms with Gasteiger partial charge in [-0.3, -0.25) is 0 Å². The minimum atomic E-state index is -0.603. The van der Waals surface area contributed by atoms with Crippen molar-refractivity contribution in [2.24, 2.45) is 0 Å². The van der Waals surface area contributed by atoms with Crippen LogP contribution in [-0.4, -0.2) is 30.3 Å². The van der Waals surface area contributed by atoms with E-state index in [1.165, 1.54) is 6.20 Å². The average Bonchev–Trinajstić information content (AvgIpc) is 2.20. The first kappa shape index (κ1) is 12.1. The first-order chi connectivity index (χ1) is 8.20. The number of hydrogen-bond donors (Lipinski definition) is 1. The van der Waals surface area contributed by atoms with Crippen LogP contribution in [0.5, 0.6) is 11.5 Å². The molecule has 1 saturated heterocycles. The summed E-state index contributed by atoms with van der Waals surface area (Å²) in [5.41, 5.74) is 0. The van der Waals surface area contributed by atoms with Gasteiger partial charge in [0.1, 0.15) is 11.9 Å². The molecule has 5 heteroatoms. The fourth-order valence-electron chi connectivity index (χ4n) is 1.74. The van der Waals surface area contributed by atoms with Crippen molar-refractivity contribution >= 4 is 0 Å². The monoisotopic (exact) mass is 240 g/mol. The molecule has 1 unspecified atom stereocenters. The number of pyridine rings is 1. The number of halogens is 1. The zero-order valence-electron chi connectivity index (χ0n) is 10.1. The molecular weight excluding hydrogens is 223 g/mol. The maximum absolute atomic E-state index is 13.2. The Kier molecular flexibility index (Phi) is 3.78. The first-order valence-electron chi connectivity index (χ1n) is 5.89. The van der Waals surface area contributed by atoms with Crippen molar-refractivity contribution in [3.05, 3.63) is 18.2 Å². The number of rotatable bonds is 5. The SMILES string of the molecule is CCOc1cc(OC(C)[C@@H]2CCN2)cnc1F. The second kappa shape index (κ2) is 5.31. The molecule has 2 heterocycles. The van der Waals surface area contributed by atoms with Gasteiger partial charge in [-0.15, -0.1) is 0 Å². The van der Waals surface area contributed by atoms with Gasteiger partial charge in [-0.25, -0.2) is 4.98 Å². The Hall–Kier alpha value is -1.36. The third-order valence-corrected chi connectivity index (χ3v) is 2.83. The quantitative estimate of drug-likeness (QED) is 0.796. The fraction of sp³-hybridized carbons (Fsp3) is 0.583. The van der Waals surface area contributed by atoms with E-state index in [4.69, 9.17) is 9.47 Å². The second-order valence-electron chi connectivity index (χ2n) is 4.07. The molecule has 0 amide bonds. The van der Waals surface area contributed by atoms with Gasteiger partial charge in [-0.1, -0.05) is 0 Å². The summed E-state index contributed by atoms with van der Waals surface area (Å²) in [6.07, 6.45) is 2.53. The molecular formula is C12H17FN2O2. The predicted octanol–water partition coefficient (Wildman–Crippen LogP) is 1.75. The zero-order valence-corrected chi connectivity index (χ0v) is 10.1. The highest BCUT2D eigenvalue weighted by Crippen LogP contribution is 2.23. The minimum absolute atomic E-state index is 0.0467. The predicted molar refractivity (Wildman–Crippen MR) is 61.9 cm³/mol. The van der Waals surface area contributed by atoms with Crippen LogP contribution in [0.2, 0.25) is 0 Å². The molecule has 1 aromatic rings. The van der Waals surface area contributed by atoms with Crippen molar-refractivity contribution in [1.82, 2.24) is 10.3 Å². The molecule has 0 saturated carbocycles. The molecule has 0 radical (unpaired) electrons. The Morgan fingerprint density at radius 3 is 3.00 bits per heavy atom. The Morgan fingerprint density at radius 2 is 2.41 bits per heavy atom. The summed E-state index contributed by atoms with van der Waals surface area (Å²) in [4.78, 5) is 3.62. The summed E-state index contributed by atoms with van der Waals surface area (Å²) in [5.74, 6) is 0.0726. The summed E-state index contributed by atoms with van der Waals surface area (Å²) in [6.45, 7) is 5.22. The maximum Gasteiger partial charge on any atom is 0.255 e. The number of nitrogens with one attached hydrogen (secondary N) is 1. The van der Waals surface area contributed by atoms with Crippen molar-refractivity contribution in [1.29, 1.82) is 0 Å². The van der Waals surface area contributed by atoms with E-state index in [-0.39, 0.29) is 11.9 Å². The van der Waals surface area contributed by atoms with Crippen LogP contribution in [0.25, 0.3) is 0 Å². The lowest BCUT2D eigenvalue weighted by molar-refractivity contribution is 0.132. The van der Waals surface area contributed by atoms with Crippen molar-refractivity contribution in [2.45, 2.75) is 32.4 Å². The lowest BCUT2D eigenvalue weighted by atomic mass is 10.0. The normalized spacial score (nSPS) is 20.5.